The van der Waals surface area contributed by atoms with Gasteiger partial charge >= 0.3 is 11.9 Å². The first-order chi connectivity index (χ1) is 10.6. The van der Waals surface area contributed by atoms with Gasteiger partial charge < -0.3 is 10.2 Å². The standard InChI is InChI=1S/C18H16O4/c19-17(20)16(18(21)22)15(14-9-5-2-6-10-14)12-11-13-7-3-1-4-8-13/h1-12,15-16H,(H,19,20)(H,21,22). The molecule has 22 heavy (non-hydrogen) atoms. The summed E-state index contributed by atoms with van der Waals surface area (Å²) in [5.74, 6) is -4.96. The summed E-state index contributed by atoms with van der Waals surface area (Å²) >= 11 is 0. The van der Waals surface area contributed by atoms with Crippen molar-refractivity contribution in [2.45, 2.75) is 5.92 Å². The molecule has 4 nitrogen and oxygen atoms in total. The van der Waals surface area contributed by atoms with Gasteiger partial charge in [0.05, 0.1) is 0 Å². The van der Waals surface area contributed by atoms with Gasteiger partial charge in [0.15, 0.2) is 5.92 Å². The average molecular weight is 296 g/mol. The lowest BCUT2D eigenvalue weighted by Gasteiger charge is -2.18. The molecular formula is C18H16O4. The van der Waals surface area contributed by atoms with Crippen LogP contribution in [0.5, 0.6) is 0 Å². The Morgan fingerprint density at radius 3 is 1.82 bits per heavy atom. The monoisotopic (exact) mass is 296 g/mol. The summed E-state index contributed by atoms with van der Waals surface area (Å²) in [5, 5.41) is 18.5. The number of allylic oxidation sites excluding steroid dienone is 1. The van der Waals surface area contributed by atoms with Gasteiger partial charge in [0.25, 0.3) is 0 Å². The van der Waals surface area contributed by atoms with Crippen molar-refractivity contribution < 1.29 is 19.8 Å². The molecule has 0 heterocycles. The van der Waals surface area contributed by atoms with Gasteiger partial charge in [0.1, 0.15) is 0 Å². The first-order valence-corrected chi connectivity index (χ1v) is 6.83. The van der Waals surface area contributed by atoms with Crippen molar-refractivity contribution in [2.75, 3.05) is 0 Å². The van der Waals surface area contributed by atoms with Crippen molar-refractivity contribution in [3.63, 3.8) is 0 Å². The maximum atomic E-state index is 11.4. The highest BCUT2D eigenvalue weighted by molar-refractivity contribution is 5.94. The third kappa shape index (κ3) is 3.82. The van der Waals surface area contributed by atoms with Gasteiger partial charge in [0.2, 0.25) is 0 Å². The average Bonchev–Trinajstić information content (AvgIpc) is 2.52. The van der Waals surface area contributed by atoms with Crippen molar-refractivity contribution in [3.8, 4) is 0 Å². The lowest BCUT2D eigenvalue weighted by molar-refractivity contribution is -0.155. The predicted octanol–water partition coefficient (Wildman–Crippen LogP) is 3.27. The molecule has 0 radical (unpaired) electrons. The maximum Gasteiger partial charge on any atom is 0.318 e. The fourth-order valence-electron chi connectivity index (χ4n) is 2.28. The SMILES string of the molecule is O=C(O)C(C(=O)O)C(C=Cc1ccccc1)c1ccccc1. The summed E-state index contributed by atoms with van der Waals surface area (Å²) in [7, 11) is 0. The Morgan fingerprint density at radius 2 is 1.32 bits per heavy atom. The van der Waals surface area contributed by atoms with Crippen molar-refractivity contribution >= 4 is 18.0 Å². The van der Waals surface area contributed by atoms with E-state index in [1.807, 2.05) is 30.3 Å². The van der Waals surface area contributed by atoms with E-state index in [4.69, 9.17) is 0 Å². The molecule has 0 aliphatic rings. The number of rotatable bonds is 6. The van der Waals surface area contributed by atoms with Gasteiger partial charge in [-0.25, -0.2) is 0 Å². The van der Waals surface area contributed by atoms with Crippen LogP contribution in [0.4, 0.5) is 0 Å². The van der Waals surface area contributed by atoms with E-state index < -0.39 is 23.8 Å². The Morgan fingerprint density at radius 1 is 0.818 bits per heavy atom. The second-order valence-electron chi connectivity index (χ2n) is 4.86. The molecular weight excluding hydrogens is 280 g/mol. The third-order valence-corrected chi connectivity index (χ3v) is 3.37. The number of aliphatic carboxylic acids is 2. The second kappa shape index (κ2) is 7.22. The zero-order chi connectivity index (χ0) is 15.9. The Balaban J connectivity index is 2.40. The van der Waals surface area contributed by atoms with Gasteiger partial charge in [0, 0.05) is 5.92 Å². The summed E-state index contributed by atoms with van der Waals surface area (Å²) in [6.07, 6.45) is 3.38. The summed E-state index contributed by atoms with van der Waals surface area (Å²) in [6, 6.07) is 18.1. The van der Waals surface area contributed by atoms with Crippen LogP contribution in [0.2, 0.25) is 0 Å². The second-order valence-corrected chi connectivity index (χ2v) is 4.86. The molecule has 0 fully saturated rings. The van der Waals surface area contributed by atoms with Crippen LogP contribution < -0.4 is 0 Å². The van der Waals surface area contributed by atoms with Crippen molar-refractivity contribution in [3.05, 3.63) is 77.9 Å². The molecule has 1 atom stereocenters. The number of benzene rings is 2. The van der Waals surface area contributed by atoms with Crippen molar-refractivity contribution in [1.29, 1.82) is 0 Å². The van der Waals surface area contributed by atoms with Crippen molar-refractivity contribution in [1.82, 2.24) is 0 Å². The summed E-state index contributed by atoms with van der Waals surface area (Å²) in [5.41, 5.74) is 1.54. The number of carboxylic acids is 2. The van der Waals surface area contributed by atoms with Crippen LogP contribution in [0.3, 0.4) is 0 Å². The lowest BCUT2D eigenvalue weighted by atomic mass is 9.85. The first kappa shape index (κ1) is 15.5. The van der Waals surface area contributed by atoms with Gasteiger partial charge in [-0.1, -0.05) is 72.8 Å². The van der Waals surface area contributed by atoms with E-state index in [1.54, 1.807) is 42.5 Å². The van der Waals surface area contributed by atoms with E-state index in [0.717, 1.165) is 5.56 Å². The van der Waals surface area contributed by atoms with E-state index >= 15 is 0 Å². The predicted molar refractivity (Wildman–Crippen MR) is 83.4 cm³/mol. The van der Waals surface area contributed by atoms with Crippen LogP contribution in [0, 0.1) is 5.92 Å². The van der Waals surface area contributed by atoms with Gasteiger partial charge in [-0.15, -0.1) is 0 Å². The fraction of sp³-hybridized carbons (Fsp3) is 0.111. The molecule has 0 aliphatic carbocycles. The van der Waals surface area contributed by atoms with E-state index in [1.165, 1.54) is 0 Å². The van der Waals surface area contributed by atoms with E-state index in [0.29, 0.717) is 5.56 Å². The quantitative estimate of drug-likeness (QED) is 0.802. The molecule has 2 aromatic carbocycles. The van der Waals surface area contributed by atoms with Crippen LogP contribution in [-0.4, -0.2) is 22.2 Å². The third-order valence-electron chi connectivity index (χ3n) is 3.37. The smallest absolute Gasteiger partial charge is 0.318 e. The summed E-state index contributed by atoms with van der Waals surface area (Å²) in [6.45, 7) is 0. The first-order valence-electron chi connectivity index (χ1n) is 6.83. The molecule has 4 heteroatoms. The van der Waals surface area contributed by atoms with Crippen LogP contribution in [0.25, 0.3) is 6.08 Å². The molecule has 1 unspecified atom stereocenters. The molecule has 112 valence electrons. The van der Waals surface area contributed by atoms with Crippen LogP contribution in [0.1, 0.15) is 17.0 Å². The molecule has 0 saturated carbocycles. The molecule has 0 saturated heterocycles. The van der Waals surface area contributed by atoms with E-state index in [-0.39, 0.29) is 0 Å². The molecule has 2 rings (SSSR count). The molecule has 0 spiro atoms. The number of hydrogen-bond acceptors (Lipinski definition) is 2. The normalized spacial score (nSPS) is 12.4. The zero-order valence-corrected chi connectivity index (χ0v) is 11.8. The minimum atomic E-state index is -1.53. The molecule has 0 amide bonds. The minimum absolute atomic E-state index is 0.657. The molecule has 2 aromatic rings. The Bertz CT molecular complexity index is 648. The Labute approximate surface area is 128 Å². The molecule has 0 aliphatic heterocycles. The number of carboxylic acid groups (broad SMARTS) is 2. The number of carbonyl (C=O) groups is 2. The Hall–Kier alpha value is -2.88. The largest absolute Gasteiger partial charge is 0.481 e. The maximum absolute atomic E-state index is 11.4. The highest BCUT2D eigenvalue weighted by Gasteiger charge is 2.34. The van der Waals surface area contributed by atoms with Gasteiger partial charge in [-0.2, -0.15) is 0 Å². The van der Waals surface area contributed by atoms with Gasteiger partial charge in [-0.3, -0.25) is 9.59 Å². The number of hydrogen-bond donors (Lipinski definition) is 2. The topological polar surface area (TPSA) is 74.6 Å². The molecule has 0 aromatic heterocycles. The summed E-state index contributed by atoms with van der Waals surface area (Å²) in [4.78, 5) is 22.7. The lowest BCUT2D eigenvalue weighted by Crippen LogP contribution is -2.29. The van der Waals surface area contributed by atoms with E-state index in [2.05, 4.69) is 0 Å². The Kier molecular flexibility index (Phi) is 5.09. The highest BCUT2D eigenvalue weighted by atomic mass is 16.4. The minimum Gasteiger partial charge on any atom is -0.481 e. The summed E-state index contributed by atoms with van der Waals surface area (Å²) < 4.78 is 0. The van der Waals surface area contributed by atoms with Crippen LogP contribution >= 0.6 is 0 Å². The molecule has 2 N–H and O–H groups in total. The highest BCUT2D eigenvalue weighted by Crippen LogP contribution is 2.28. The zero-order valence-electron chi connectivity index (χ0n) is 11.8. The fourth-order valence-corrected chi connectivity index (χ4v) is 2.28. The van der Waals surface area contributed by atoms with Gasteiger partial charge in [-0.05, 0) is 11.1 Å². The van der Waals surface area contributed by atoms with Crippen molar-refractivity contribution in [2.24, 2.45) is 5.92 Å². The molecule has 0 bridgehead atoms. The van der Waals surface area contributed by atoms with E-state index in [9.17, 15) is 19.8 Å². The van der Waals surface area contributed by atoms with Crippen LogP contribution in [-0.2, 0) is 9.59 Å². The van der Waals surface area contributed by atoms with Crippen LogP contribution in [0.15, 0.2) is 66.7 Å².